The summed E-state index contributed by atoms with van der Waals surface area (Å²) in [6, 6.07) is 11.7. The first kappa shape index (κ1) is 15.6. The molecule has 1 aliphatic heterocycles. The summed E-state index contributed by atoms with van der Waals surface area (Å²) in [7, 11) is 0. The molecule has 2 aromatic rings. The molecule has 0 amide bonds. The van der Waals surface area contributed by atoms with Crippen LogP contribution in [0.15, 0.2) is 36.4 Å². The predicted octanol–water partition coefficient (Wildman–Crippen LogP) is 2.29. The SMILES string of the molecule is CCOC(=O)c1cc2n(n1)CC(COCc1ccccc1)CO2. The summed E-state index contributed by atoms with van der Waals surface area (Å²) < 4.78 is 18.1. The molecule has 0 bridgehead atoms. The highest BCUT2D eigenvalue weighted by Gasteiger charge is 2.24. The number of carbonyl (C=O) groups excluding carboxylic acids is 1. The van der Waals surface area contributed by atoms with Gasteiger partial charge < -0.3 is 14.2 Å². The summed E-state index contributed by atoms with van der Waals surface area (Å²) in [5.74, 6) is 0.392. The molecule has 1 aromatic heterocycles. The molecule has 0 radical (unpaired) electrons. The fourth-order valence-corrected chi connectivity index (χ4v) is 2.47. The van der Waals surface area contributed by atoms with Gasteiger partial charge in [-0.15, -0.1) is 0 Å². The molecule has 0 N–H and O–H groups in total. The van der Waals surface area contributed by atoms with Crippen LogP contribution in [-0.4, -0.2) is 35.6 Å². The van der Waals surface area contributed by atoms with Crippen LogP contribution < -0.4 is 4.74 Å². The van der Waals surface area contributed by atoms with Gasteiger partial charge in [-0.1, -0.05) is 30.3 Å². The lowest BCUT2D eigenvalue weighted by atomic mass is 10.1. The number of hydrogen-bond donors (Lipinski definition) is 0. The highest BCUT2D eigenvalue weighted by molar-refractivity contribution is 5.87. The first-order chi connectivity index (χ1) is 11.3. The van der Waals surface area contributed by atoms with E-state index < -0.39 is 5.97 Å². The van der Waals surface area contributed by atoms with Crippen LogP contribution >= 0.6 is 0 Å². The van der Waals surface area contributed by atoms with E-state index in [1.54, 1.807) is 17.7 Å². The molecule has 0 saturated carbocycles. The number of carbonyl (C=O) groups is 1. The molecule has 1 aliphatic rings. The third-order valence-corrected chi connectivity index (χ3v) is 3.59. The van der Waals surface area contributed by atoms with Crippen molar-refractivity contribution >= 4 is 5.97 Å². The molecular weight excluding hydrogens is 296 g/mol. The minimum absolute atomic E-state index is 0.209. The second-order valence-electron chi connectivity index (χ2n) is 5.45. The first-order valence-electron chi connectivity index (χ1n) is 7.75. The summed E-state index contributed by atoms with van der Waals surface area (Å²) in [4.78, 5) is 11.7. The monoisotopic (exact) mass is 316 g/mol. The van der Waals surface area contributed by atoms with Crippen molar-refractivity contribution < 1.29 is 19.0 Å². The number of benzene rings is 1. The highest BCUT2D eigenvalue weighted by atomic mass is 16.5. The molecule has 122 valence electrons. The summed E-state index contributed by atoms with van der Waals surface area (Å²) >= 11 is 0. The van der Waals surface area contributed by atoms with Gasteiger partial charge in [0, 0.05) is 12.0 Å². The number of ether oxygens (including phenoxy) is 3. The van der Waals surface area contributed by atoms with Gasteiger partial charge in [0.1, 0.15) is 0 Å². The minimum Gasteiger partial charge on any atom is -0.477 e. The van der Waals surface area contributed by atoms with Crippen LogP contribution in [-0.2, 0) is 22.6 Å². The Balaban J connectivity index is 1.52. The van der Waals surface area contributed by atoms with Crippen molar-refractivity contribution in [1.29, 1.82) is 0 Å². The topological polar surface area (TPSA) is 62.6 Å². The Labute approximate surface area is 135 Å². The van der Waals surface area contributed by atoms with Gasteiger partial charge in [-0.25, -0.2) is 9.48 Å². The Morgan fingerprint density at radius 3 is 3.00 bits per heavy atom. The summed E-state index contributed by atoms with van der Waals surface area (Å²) in [6.45, 7) is 4.49. The zero-order valence-electron chi connectivity index (χ0n) is 13.1. The van der Waals surface area contributed by atoms with E-state index in [2.05, 4.69) is 5.10 Å². The van der Waals surface area contributed by atoms with E-state index >= 15 is 0 Å². The minimum atomic E-state index is -0.421. The van der Waals surface area contributed by atoms with Gasteiger partial charge in [0.05, 0.1) is 33.0 Å². The molecule has 0 aliphatic carbocycles. The van der Waals surface area contributed by atoms with Gasteiger partial charge in [-0.05, 0) is 12.5 Å². The van der Waals surface area contributed by atoms with E-state index in [-0.39, 0.29) is 11.6 Å². The Morgan fingerprint density at radius 2 is 2.22 bits per heavy atom. The van der Waals surface area contributed by atoms with Crippen molar-refractivity contribution in [2.45, 2.75) is 20.1 Å². The maximum atomic E-state index is 11.7. The van der Waals surface area contributed by atoms with Crippen LogP contribution in [0.25, 0.3) is 0 Å². The lowest BCUT2D eigenvalue weighted by Gasteiger charge is -2.23. The smallest absolute Gasteiger partial charge is 0.358 e. The number of fused-ring (bicyclic) bond motifs is 1. The zero-order chi connectivity index (χ0) is 16.1. The second-order valence-corrected chi connectivity index (χ2v) is 5.45. The molecule has 1 unspecified atom stereocenters. The molecule has 0 fully saturated rings. The van der Waals surface area contributed by atoms with Gasteiger partial charge in [-0.3, -0.25) is 0 Å². The summed E-state index contributed by atoms with van der Waals surface area (Å²) in [5, 5.41) is 4.25. The van der Waals surface area contributed by atoms with Crippen molar-refractivity contribution in [2.24, 2.45) is 5.92 Å². The predicted molar refractivity (Wildman–Crippen MR) is 83.3 cm³/mol. The molecule has 0 spiro atoms. The van der Waals surface area contributed by atoms with Crippen molar-refractivity contribution in [3.63, 3.8) is 0 Å². The van der Waals surface area contributed by atoms with E-state index in [9.17, 15) is 4.79 Å². The van der Waals surface area contributed by atoms with Gasteiger partial charge in [-0.2, -0.15) is 5.10 Å². The molecule has 0 saturated heterocycles. The summed E-state index contributed by atoms with van der Waals surface area (Å²) in [6.07, 6.45) is 0. The number of nitrogens with zero attached hydrogens (tertiary/aromatic N) is 2. The Kier molecular flexibility index (Phi) is 4.92. The third-order valence-electron chi connectivity index (χ3n) is 3.59. The molecule has 23 heavy (non-hydrogen) atoms. The average Bonchev–Trinajstić information content (AvgIpc) is 2.99. The van der Waals surface area contributed by atoms with E-state index in [4.69, 9.17) is 14.2 Å². The molecule has 2 heterocycles. The van der Waals surface area contributed by atoms with E-state index in [0.29, 0.717) is 38.9 Å². The fourth-order valence-electron chi connectivity index (χ4n) is 2.47. The van der Waals surface area contributed by atoms with Gasteiger partial charge in [0.15, 0.2) is 5.69 Å². The average molecular weight is 316 g/mol. The normalized spacial score (nSPS) is 16.5. The first-order valence-corrected chi connectivity index (χ1v) is 7.75. The summed E-state index contributed by atoms with van der Waals surface area (Å²) in [5.41, 5.74) is 1.43. The third kappa shape index (κ3) is 3.90. The Hall–Kier alpha value is -2.34. The van der Waals surface area contributed by atoms with Gasteiger partial charge >= 0.3 is 5.97 Å². The molecule has 6 nitrogen and oxygen atoms in total. The Bertz CT molecular complexity index is 654. The second kappa shape index (κ2) is 7.28. The van der Waals surface area contributed by atoms with Crippen molar-refractivity contribution in [1.82, 2.24) is 9.78 Å². The molecule has 6 heteroatoms. The Morgan fingerprint density at radius 1 is 1.39 bits per heavy atom. The van der Waals surface area contributed by atoms with Crippen LogP contribution in [0.4, 0.5) is 0 Å². The number of aromatic nitrogens is 2. The van der Waals surface area contributed by atoms with Crippen molar-refractivity contribution in [2.75, 3.05) is 19.8 Å². The standard InChI is InChI=1S/C17H20N2O4/c1-2-22-17(20)15-8-16-19(18-15)9-14(12-23-16)11-21-10-13-6-4-3-5-7-13/h3-8,14H,2,9-12H2,1H3. The fraction of sp³-hybridized carbons (Fsp3) is 0.412. The maximum Gasteiger partial charge on any atom is 0.358 e. The zero-order valence-corrected chi connectivity index (χ0v) is 13.1. The van der Waals surface area contributed by atoms with Crippen LogP contribution in [0.3, 0.4) is 0 Å². The van der Waals surface area contributed by atoms with Crippen LogP contribution in [0.5, 0.6) is 5.88 Å². The highest BCUT2D eigenvalue weighted by Crippen LogP contribution is 2.22. The van der Waals surface area contributed by atoms with Gasteiger partial charge in [0.2, 0.25) is 5.88 Å². The van der Waals surface area contributed by atoms with Crippen LogP contribution in [0.2, 0.25) is 0 Å². The van der Waals surface area contributed by atoms with E-state index in [1.807, 2.05) is 30.3 Å². The lowest BCUT2D eigenvalue weighted by molar-refractivity contribution is 0.0429. The molecule has 1 atom stereocenters. The molecular formula is C17H20N2O4. The maximum absolute atomic E-state index is 11.7. The largest absolute Gasteiger partial charge is 0.477 e. The molecule has 3 rings (SSSR count). The number of esters is 1. The number of rotatable bonds is 6. The van der Waals surface area contributed by atoms with Crippen LogP contribution in [0, 0.1) is 5.92 Å². The quantitative estimate of drug-likeness (QED) is 0.765. The molecule has 1 aromatic carbocycles. The van der Waals surface area contributed by atoms with Gasteiger partial charge in [0.25, 0.3) is 0 Å². The van der Waals surface area contributed by atoms with Crippen molar-refractivity contribution in [3.05, 3.63) is 47.7 Å². The number of hydrogen-bond acceptors (Lipinski definition) is 5. The van der Waals surface area contributed by atoms with Crippen LogP contribution in [0.1, 0.15) is 23.0 Å². The van der Waals surface area contributed by atoms with E-state index in [1.165, 1.54) is 0 Å². The van der Waals surface area contributed by atoms with E-state index in [0.717, 1.165) is 5.56 Å². The lowest BCUT2D eigenvalue weighted by Crippen LogP contribution is -2.29. The van der Waals surface area contributed by atoms with Crippen molar-refractivity contribution in [3.8, 4) is 5.88 Å².